The zero-order valence-electron chi connectivity index (χ0n) is 12.2. The van der Waals surface area contributed by atoms with Crippen LogP contribution in [0, 0.1) is 6.92 Å². The summed E-state index contributed by atoms with van der Waals surface area (Å²) in [5.41, 5.74) is 1.81. The number of hydrogen-bond acceptors (Lipinski definition) is 2. The Hall–Kier alpha value is -1.36. The van der Waals surface area contributed by atoms with E-state index in [1.165, 1.54) is 6.92 Å². The molecular weight excluding hydrogens is 320 g/mol. The van der Waals surface area contributed by atoms with Gasteiger partial charge in [0.2, 0.25) is 11.8 Å². The molecular formula is C15H21BrN2O2. The first-order valence-electron chi connectivity index (χ1n) is 6.75. The van der Waals surface area contributed by atoms with E-state index in [0.29, 0.717) is 19.5 Å². The van der Waals surface area contributed by atoms with Gasteiger partial charge in [0.05, 0.1) is 0 Å². The van der Waals surface area contributed by atoms with Gasteiger partial charge in [-0.15, -0.1) is 0 Å². The number of benzene rings is 1. The van der Waals surface area contributed by atoms with Gasteiger partial charge in [0.15, 0.2) is 0 Å². The number of hydrogen-bond donors (Lipinski definition) is 1. The summed E-state index contributed by atoms with van der Waals surface area (Å²) < 4.78 is 0.985. The molecule has 20 heavy (non-hydrogen) atoms. The van der Waals surface area contributed by atoms with Gasteiger partial charge in [0.25, 0.3) is 0 Å². The van der Waals surface area contributed by atoms with Crippen molar-refractivity contribution in [2.75, 3.05) is 18.4 Å². The van der Waals surface area contributed by atoms with Gasteiger partial charge in [-0.2, -0.15) is 0 Å². The molecule has 0 atom stereocenters. The van der Waals surface area contributed by atoms with Crippen molar-refractivity contribution in [1.82, 2.24) is 4.90 Å². The average molecular weight is 341 g/mol. The Morgan fingerprint density at radius 3 is 2.55 bits per heavy atom. The Bertz CT molecular complexity index is 489. The molecule has 0 aliphatic rings. The topological polar surface area (TPSA) is 49.4 Å². The molecule has 0 spiro atoms. The van der Waals surface area contributed by atoms with E-state index < -0.39 is 0 Å². The summed E-state index contributed by atoms with van der Waals surface area (Å²) in [5, 5.41) is 2.88. The van der Waals surface area contributed by atoms with Crippen molar-refractivity contribution < 1.29 is 9.59 Å². The first-order valence-corrected chi connectivity index (χ1v) is 7.54. The molecule has 1 aromatic carbocycles. The van der Waals surface area contributed by atoms with Crippen LogP contribution >= 0.6 is 15.9 Å². The van der Waals surface area contributed by atoms with Gasteiger partial charge in [0.1, 0.15) is 0 Å². The zero-order valence-corrected chi connectivity index (χ0v) is 13.8. The number of halogens is 1. The highest BCUT2D eigenvalue weighted by atomic mass is 79.9. The molecule has 0 aliphatic heterocycles. The van der Waals surface area contributed by atoms with Crippen LogP contribution in [-0.4, -0.2) is 29.8 Å². The van der Waals surface area contributed by atoms with Gasteiger partial charge in [-0.3, -0.25) is 9.59 Å². The van der Waals surface area contributed by atoms with Crippen molar-refractivity contribution in [1.29, 1.82) is 0 Å². The quantitative estimate of drug-likeness (QED) is 0.863. The number of amides is 2. The second kappa shape index (κ2) is 8.04. The van der Waals surface area contributed by atoms with Crippen molar-refractivity contribution >= 4 is 33.4 Å². The Morgan fingerprint density at radius 2 is 2.00 bits per heavy atom. The van der Waals surface area contributed by atoms with Crippen LogP contribution in [0.25, 0.3) is 0 Å². The van der Waals surface area contributed by atoms with Crippen molar-refractivity contribution in [3.05, 3.63) is 28.2 Å². The number of nitrogens with zero attached hydrogens (tertiary/aromatic N) is 1. The van der Waals surface area contributed by atoms with E-state index in [0.717, 1.165) is 22.1 Å². The highest BCUT2D eigenvalue weighted by Crippen LogP contribution is 2.20. The Balaban J connectivity index is 2.53. The first-order chi connectivity index (χ1) is 9.43. The van der Waals surface area contributed by atoms with Gasteiger partial charge < -0.3 is 10.2 Å². The van der Waals surface area contributed by atoms with Crippen LogP contribution in [0.4, 0.5) is 5.69 Å². The average Bonchev–Trinajstić information content (AvgIpc) is 2.37. The molecule has 1 rings (SSSR count). The number of carbonyl (C=O) groups is 2. The maximum Gasteiger partial charge on any atom is 0.226 e. The van der Waals surface area contributed by atoms with Crippen LogP contribution < -0.4 is 5.32 Å². The molecule has 0 aliphatic carbocycles. The summed E-state index contributed by atoms with van der Waals surface area (Å²) in [6.45, 7) is 6.65. The molecule has 0 unspecified atom stereocenters. The molecule has 5 heteroatoms. The summed E-state index contributed by atoms with van der Waals surface area (Å²) in [6, 6.07) is 5.71. The van der Waals surface area contributed by atoms with Crippen LogP contribution in [-0.2, 0) is 9.59 Å². The summed E-state index contributed by atoms with van der Waals surface area (Å²) in [6.07, 6.45) is 1.21. The first kappa shape index (κ1) is 16.7. The minimum atomic E-state index is -0.0715. The van der Waals surface area contributed by atoms with Crippen LogP contribution in [0.1, 0.15) is 32.3 Å². The number of anilines is 1. The Labute approximate surface area is 128 Å². The summed E-state index contributed by atoms with van der Waals surface area (Å²) in [7, 11) is 0. The lowest BCUT2D eigenvalue weighted by Gasteiger charge is -2.20. The smallest absolute Gasteiger partial charge is 0.226 e. The van der Waals surface area contributed by atoms with Gasteiger partial charge >= 0.3 is 0 Å². The summed E-state index contributed by atoms with van der Waals surface area (Å²) in [4.78, 5) is 25.0. The number of nitrogens with one attached hydrogen (secondary N) is 1. The molecule has 0 saturated carbocycles. The monoisotopic (exact) mass is 340 g/mol. The predicted octanol–water partition coefficient (Wildman–Crippen LogP) is 3.34. The molecule has 4 nitrogen and oxygen atoms in total. The van der Waals surface area contributed by atoms with E-state index in [2.05, 4.69) is 21.2 Å². The lowest BCUT2D eigenvalue weighted by molar-refractivity contribution is -0.129. The normalized spacial score (nSPS) is 10.2. The molecule has 0 radical (unpaired) electrons. The number of rotatable bonds is 6. The zero-order chi connectivity index (χ0) is 15.1. The molecule has 1 aromatic rings. The molecule has 0 heterocycles. The van der Waals surface area contributed by atoms with E-state index >= 15 is 0 Å². The van der Waals surface area contributed by atoms with Crippen molar-refractivity contribution in [3.63, 3.8) is 0 Å². The SMILES string of the molecule is CCCN(CCC(=O)Nc1ccc(Br)cc1C)C(C)=O. The maximum absolute atomic E-state index is 11.9. The third-order valence-corrected chi connectivity index (χ3v) is 3.50. The van der Waals surface area contributed by atoms with Gasteiger partial charge in [-0.05, 0) is 37.1 Å². The van der Waals surface area contributed by atoms with Crippen molar-refractivity contribution in [2.24, 2.45) is 0 Å². The lowest BCUT2D eigenvalue weighted by Crippen LogP contribution is -2.32. The fraction of sp³-hybridized carbons (Fsp3) is 0.467. The fourth-order valence-electron chi connectivity index (χ4n) is 1.91. The lowest BCUT2D eigenvalue weighted by atomic mass is 10.2. The van der Waals surface area contributed by atoms with E-state index in [4.69, 9.17) is 0 Å². The minimum absolute atomic E-state index is 0.0134. The minimum Gasteiger partial charge on any atom is -0.342 e. The van der Waals surface area contributed by atoms with Crippen molar-refractivity contribution in [2.45, 2.75) is 33.6 Å². The molecule has 0 aromatic heterocycles. The van der Waals surface area contributed by atoms with Crippen molar-refractivity contribution in [3.8, 4) is 0 Å². The fourth-order valence-corrected chi connectivity index (χ4v) is 2.39. The second-order valence-electron chi connectivity index (χ2n) is 4.76. The highest BCUT2D eigenvalue weighted by molar-refractivity contribution is 9.10. The van der Waals surface area contributed by atoms with Gasteiger partial charge in [-0.25, -0.2) is 0 Å². The van der Waals surface area contributed by atoms with Gasteiger partial charge in [-0.1, -0.05) is 22.9 Å². The Kier molecular flexibility index (Phi) is 6.71. The maximum atomic E-state index is 11.9. The highest BCUT2D eigenvalue weighted by Gasteiger charge is 2.11. The Morgan fingerprint density at radius 1 is 1.30 bits per heavy atom. The predicted molar refractivity (Wildman–Crippen MR) is 84.7 cm³/mol. The third-order valence-electron chi connectivity index (χ3n) is 3.01. The summed E-state index contributed by atoms with van der Waals surface area (Å²) in [5.74, 6) is -0.0581. The van der Waals surface area contributed by atoms with Gasteiger partial charge in [0, 0.05) is 36.6 Å². The number of aryl methyl sites for hydroxylation is 1. The van der Waals surface area contributed by atoms with Crippen LogP contribution in [0.15, 0.2) is 22.7 Å². The number of carbonyl (C=O) groups excluding carboxylic acids is 2. The molecule has 1 N–H and O–H groups in total. The third kappa shape index (κ3) is 5.33. The standard InChI is InChI=1S/C15H21BrN2O2/c1-4-8-18(12(3)19)9-7-15(20)17-14-6-5-13(16)10-11(14)2/h5-6,10H,4,7-9H2,1-3H3,(H,17,20). The van der Waals surface area contributed by atoms with Crippen LogP contribution in [0.5, 0.6) is 0 Å². The van der Waals surface area contributed by atoms with E-state index in [-0.39, 0.29) is 11.8 Å². The largest absolute Gasteiger partial charge is 0.342 e. The molecule has 0 fully saturated rings. The molecule has 0 saturated heterocycles. The molecule has 0 bridgehead atoms. The molecule has 2 amide bonds. The van der Waals surface area contributed by atoms with E-state index in [9.17, 15) is 9.59 Å². The van der Waals surface area contributed by atoms with Crippen LogP contribution in [0.2, 0.25) is 0 Å². The van der Waals surface area contributed by atoms with Crippen LogP contribution in [0.3, 0.4) is 0 Å². The second-order valence-corrected chi connectivity index (χ2v) is 5.68. The van der Waals surface area contributed by atoms with E-state index in [1.54, 1.807) is 4.90 Å². The molecule has 110 valence electrons. The van der Waals surface area contributed by atoms with E-state index in [1.807, 2.05) is 32.0 Å². The summed E-state index contributed by atoms with van der Waals surface area (Å²) >= 11 is 3.39.